The Bertz CT molecular complexity index is 454. The number of dihydropyridines is 1. The molecule has 2 heterocycles. The van der Waals surface area contributed by atoms with E-state index in [1.165, 1.54) is 29.0 Å². The highest BCUT2D eigenvalue weighted by Gasteiger charge is 2.30. The summed E-state index contributed by atoms with van der Waals surface area (Å²) in [5, 5.41) is 3.64. The lowest BCUT2D eigenvalue weighted by Gasteiger charge is -2.30. The normalized spacial score (nSPS) is 26.2. The van der Waals surface area contributed by atoms with Gasteiger partial charge in [0, 0.05) is 18.5 Å². The van der Waals surface area contributed by atoms with Gasteiger partial charge in [0.2, 0.25) is 0 Å². The van der Waals surface area contributed by atoms with Crippen LogP contribution in [0, 0.1) is 0 Å². The molecular weight excluding hydrogens is 222 g/mol. The molecule has 18 heavy (non-hydrogen) atoms. The summed E-state index contributed by atoms with van der Waals surface area (Å²) >= 11 is 0. The average molecular weight is 243 g/mol. The molecule has 0 amide bonds. The fourth-order valence-electron chi connectivity index (χ4n) is 2.86. The molecule has 3 aliphatic rings. The molecule has 0 aromatic heterocycles. The highest BCUT2D eigenvalue weighted by atomic mass is 16.5. The zero-order valence-electron chi connectivity index (χ0n) is 11.0. The Morgan fingerprint density at radius 2 is 2.39 bits per heavy atom. The van der Waals surface area contributed by atoms with Crippen LogP contribution < -0.4 is 5.32 Å². The third-order valence-electron chi connectivity index (χ3n) is 3.91. The second kappa shape index (κ2) is 5.05. The number of ether oxygens (including phenoxy) is 1. The lowest BCUT2D eigenvalue weighted by Crippen LogP contribution is -2.34. The summed E-state index contributed by atoms with van der Waals surface area (Å²) in [5.74, 6) is 1.25. The lowest BCUT2D eigenvalue weighted by molar-refractivity contribution is 0.236. The number of rotatable bonds is 3. The van der Waals surface area contributed by atoms with Crippen molar-refractivity contribution in [2.45, 2.75) is 45.1 Å². The molecule has 1 unspecified atom stereocenters. The summed E-state index contributed by atoms with van der Waals surface area (Å²) in [5.41, 5.74) is 4.26. The van der Waals surface area contributed by atoms with Gasteiger partial charge in [0.05, 0.1) is 18.4 Å². The van der Waals surface area contributed by atoms with Crippen molar-refractivity contribution in [2.75, 3.05) is 6.61 Å². The van der Waals surface area contributed by atoms with Crippen molar-refractivity contribution in [1.29, 1.82) is 0 Å². The van der Waals surface area contributed by atoms with Crippen LogP contribution in [0.3, 0.4) is 0 Å². The fraction of sp³-hybridized carbons (Fsp3) is 0.500. The monoisotopic (exact) mass is 243 g/mol. The number of unbranched alkanes of at least 4 members (excludes halogenated alkanes) is 1. The topological polar surface area (TPSA) is 21.3 Å². The van der Waals surface area contributed by atoms with Gasteiger partial charge in [-0.1, -0.05) is 25.5 Å². The van der Waals surface area contributed by atoms with E-state index in [9.17, 15) is 0 Å². The zero-order valence-corrected chi connectivity index (χ0v) is 11.0. The van der Waals surface area contributed by atoms with Gasteiger partial charge in [0.25, 0.3) is 0 Å². The molecule has 96 valence electrons. The Balaban J connectivity index is 1.71. The number of nitrogens with one attached hydrogen (secondary N) is 1. The summed E-state index contributed by atoms with van der Waals surface area (Å²) in [6, 6.07) is 0.497. The highest BCUT2D eigenvalue weighted by Crippen LogP contribution is 2.37. The summed E-state index contributed by atoms with van der Waals surface area (Å²) in [7, 11) is 0. The Morgan fingerprint density at radius 1 is 1.44 bits per heavy atom. The molecule has 1 N–H and O–H groups in total. The maximum atomic E-state index is 5.69. The molecule has 2 heteroatoms. The van der Waals surface area contributed by atoms with Crippen LogP contribution in [0.5, 0.6) is 0 Å². The van der Waals surface area contributed by atoms with E-state index in [0.29, 0.717) is 6.04 Å². The van der Waals surface area contributed by atoms with Crippen molar-refractivity contribution >= 4 is 0 Å². The first-order valence-electron chi connectivity index (χ1n) is 7.04. The van der Waals surface area contributed by atoms with Gasteiger partial charge in [-0.15, -0.1) is 0 Å². The van der Waals surface area contributed by atoms with Crippen molar-refractivity contribution in [3.05, 3.63) is 46.9 Å². The minimum atomic E-state index is 0.497. The molecule has 0 bridgehead atoms. The second-order valence-corrected chi connectivity index (χ2v) is 5.26. The van der Waals surface area contributed by atoms with Crippen molar-refractivity contribution in [3.8, 4) is 0 Å². The van der Waals surface area contributed by atoms with Gasteiger partial charge >= 0.3 is 0 Å². The molecule has 0 fully saturated rings. The molecule has 0 aromatic carbocycles. The molecular formula is C16H21NO. The highest BCUT2D eigenvalue weighted by molar-refractivity contribution is 5.39. The first-order valence-corrected chi connectivity index (χ1v) is 7.04. The second-order valence-electron chi connectivity index (χ2n) is 5.26. The molecule has 2 aliphatic heterocycles. The van der Waals surface area contributed by atoms with Crippen LogP contribution in [0.2, 0.25) is 0 Å². The molecule has 1 aliphatic carbocycles. The van der Waals surface area contributed by atoms with Gasteiger partial charge in [-0.25, -0.2) is 0 Å². The van der Waals surface area contributed by atoms with E-state index < -0.39 is 0 Å². The number of fused-ring (bicyclic) bond motifs is 1. The van der Waals surface area contributed by atoms with E-state index in [1.54, 1.807) is 0 Å². The van der Waals surface area contributed by atoms with Crippen LogP contribution in [-0.4, -0.2) is 12.6 Å². The first-order chi connectivity index (χ1) is 8.86. The third-order valence-corrected chi connectivity index (χ3v) is 3.91. The SMILES string of the molecule is CCCC=CC1=CC=C2CC3=C(CCO3)CC2N1. The summed E-state index contributed by atoms with van der Waals surface area (Å²) in [6.07, 6.45) is 14.6. The van der Waals surface area contributed by atoms with Crippen LogP contribution in [0.25, 0.3) is 0 Å². The minimum absolute atomic E-state index is 0.497. The number of hydrogen-bond acceptors (Lipinski definition) is 2. The smallest absolute Gasteiger partial charge is 0.0995 e. The maximum Gasteiger partial charge on any atom is 0.0995 e. The van der Waals surface area contributed by atoms with Gasteiger partial charge in [0.1, 0.15) is 0 Å². The molecule has 2 nitrogen and oxygen atoms in total. The van der Waals surface area contributed by atoms with Crippen LogP contribution in [0.1, 0.15) is 39.0 Å². The fourth-order valence-corrected chi connectivity index (χ4v) is 2.86. The van der Waals surface area contributed by atoms with Crippen molar-refractivity contribution in [1.82, 2.24) is 5.32 Å². The van der Waals surface area contributed by atoms with Crippen LogP contribution in [0.4, 0.5) is 0 Å². The van der Waals surface area contributed by atoms with Gasteiger partial charge in [-0.3, -0.25) is 0 Å². The predicted octanol–water partition coefficient (Wildman–Crippen LogP) is 3.59. The Hall–Kier alpha value is -1.44. The van der Waals surface area contributed by atoms with Gasteiger partial charge < -0.3 is 10.1 Å². The Morgan fingerprint density at radius 3 is 3.28 bits per heavy atom. The number of hydrogen-bond donors (Lipinski definition) is 1. The van der Waals surface area contributed by atoms with Crippen LogP contribution >= 0.6 is 0 Å². The summed E-state index contributed by atoms with van der Waals surface area (Å²) < 4.78 is 5.69. The average Bonchev–Trinajstić information content (AvgIpc) is 2.83. The summed E-state index contributed by atoms with van der Waals surface area (Å²) in [4.78, 5) is 0. The Kier molecular flexibility index (Phi) is 3.26. The molecule has 0 saturated heterocycles. The minimum Gasteiger partial charge on any atom is -0.497 e. The largest absolute Gasteiger partial charge is 0.497 e. The van der Waals surface area contributed by atoms with Crippen molar-refractivity contribution in [3.63, 3.8) is 0 Å². The van der Waals surface area contributed by atoms with E-state index in [2.05, 4.69) is 36.5 Å². The van der Waals surface area contributed by atoms with E-state index in [1.807, 2.05) is 0 Å². The predicted molar refractivity (Wildman–Crippen MR) is 74.0 cm³/mol. The maximum absolute atomic E-state index is 5.69. The van der Waals surface area contributed by atoms with Gasteiger partial charge in [-0.05, 0) is 36.1 Å². The van der Waals surface area contributed by atoms with Crippen molar-refractivity contribution < 1.29 is 4.74 Å². The van der Waals surface area contributed by atoms with E-state index in [4.69, 9.17) is 4.74 Å². The van der Waals surface area contributed by atoms with Crippen LogP contribution in [0.15, 0.2) is 46.9 Å². The van der Waals surface area contributed by atoms with Crippen LogP contribution in [-0.2, 0) is 4.74 Å². The lowest BCUT2D eigenvalue weighted by atomic mass is 9.86. The molecule has 0 aromatic rings. The van der Waals surface area contributed by atoms with Gasteiger partial charge in [-0.2, -0.15) is 0 Å². The number of allylic oxidation sites excluding steroid dienone is 5. The Labute approximate surface area is 109 Å². The summed E-state index contributed by atoms with van der Waals surface area (Å²) in [6.45, 7) is 3.10. The molecule has 0 radical (unpaired) electrons. The molecule has 1 atom stereocenters. The van der Waals surface area contributed by atoms with Gasteiger partial charge in [0.15, 0.2) is 0 Å². The molecule has 0 spiro atoms. The zero-order chi connectivity index (χ0) is 12.4. The third kappa shape index (κ3) is 2.24. The standard InChI is InChI=1S/C16H21NO/c1-2-3-4-5-14-7-6-12-11-16-13(8-9-18-16)10-15(12)17-14/h4-7,15,17H,2-3,8-11H2,1H3. The van der Waals surface area contributed by atoms with E-state index >= 15 is 0 Å². The molecule has 3 rings (SSSR count). The first kappa shape index (κ1) is 11.6. The van der Waals surface area contributed by atoms with E-state index in [-0.39, 0.29) is 0 Å². The van der Waals surface area contributed by atoms with E-state index in [0.717, 1.165) is 32.3 Å². The molecule has 0 saturated carbocycles. The van der Waals surface area contributed by atoms with Crippen molar-refractivity contribution in [2.24, 2.45) is 0 Å². The quantitative estimate of drug-likeness (QED) is 0.818.